The maximum Gasteiger partial charge on any atom is 0.237 e. The van der Waals surface area contributed by atoms with Crippen LogP contribution in [0.5, 0.6) is 0 Å². The Bertz CT molecular complexity index is 421. The van der Waals surface area contributed by atoms with Gasteiger partial charge in [-0.3, -0.25) is 4.79 Å². The van der Waals surface area contributed by atoms with E-state index in [9.17, 15) is 4.79 Å². The molecule has 1 aromatic rings. The Balaban J connectivity index is 2.52. The highest BCUT2D eigenvalue weighted by Gasteiger charge is 2.13. The number of rotatable bonds is 5. The van der Waals surface area contributed by atoms with Gasteiger partial charge in [0.25, 0.3) is 0 Å². The van der Waals surface area contributed by atoms with Crippen molar-refractivity contribution in [1.82, 2.24) is 10.6 Å². The first-order valence-electron chi connectivity index (χ1n) is 5.88. The summed E-state index contributed by atoms with van der Waals surface area (Å²) < 4.78 is 0. The third-order valence-electron chi connectivity index (χ3n) is 2.44. The highest BCUT2D eigenvalue weighted by Crippen LogP contribution is 2.20. The van der Waals surface area contributed by atoms with Crippen LogP contribution in [0.2, 0.25) is 10.0 Å². The minimum atomic E-state index is -0.265. The number of benzene rings is 1. The molecular formula is C13H18Cl2N2O. The van der Waals surface area contributed by atoms with Gasteiger partial charge >= 0.3 is 0 Å². The number of carbonyl (C=O) groups excluding carboxylic acids is 1. The summed E-state index contributed by atoms with van der Waals surface area (Å²) in [5, 5.41) is 7.18. The van der Waals surface area contributed by atoms with Gasteiger partial charge in [-0.15, -0.1) is 0 Å². The molecular weight excluding hydrogens is 271 g/mol. The Labute approximate surface area is 118 Å². The number of hydrogen-bond acceptors (Lipinski definition) is 2. The predicted molar refractivity (Wildman–Crippen MR) is 76.0 cm³/mol. The van der Waals surface area contributed by atoms with Crippen molar-refractivity contribution >= 4 is 29.1 Å². The number of carbonyl (C=O) groups is 1. The molecule has 3 nitrogen and oxygen atoms in total. The smallest absolute Gasteiger partial charge is 0.237 e. The van der Waals surface area contributed by atoms with Crippen molar-refractivity contribution in [2.24, 2.45) is 0 Å². The summed E-state index contributed by atoms with van der Waals surface area (Å²) in [6.07, 6.45) is 0. The first-order valence-corrected chi connectivity index (χ1v) is 6.63. The van der Waals surface area contributed by atoms with Crippen LogP contribution in [0.4, 0.5) is 0 Å². The van der Waals surface area contributed by atoms with Gasteiger partial charge in [0.1, 0.15) is 0 Å². The molecule has 0 fully saturated rings. The lowest BCUT2D eigenvalue weighted by atomic mass is 10.2. The summed E-state index contributed by atoms with van der Waals surface area (Å²) in [7, 11) is 0. The molecule has 1 aromatic carbocycles. The van der Waals surface area contributed by atoms with Gasteiger partial charge in [0.15, 0.2) is 0 Å². The van der Waals surface area contributed by atoms with Crippen LogP contribution in [-0.2, 0) is 11.3 Å². The Morgan fingerprint density at radius 1 is 1.28 bits per heavy atom. The first-order chi connectivity index (χ1) is 8.40. The normalized spacial score (nSPS) is 12.6. The Morgan fingerprint density at radius 3 is 2.50 bits per heavy atom. The van der Waals surface area contributed by atoms with Crippen LogP contribution in [0.1, 0.15) is 26.3 Å². The van der Waals surface area contributed by atoms with E-state index in [1.54, 1.807) is 12.1 Å². The van der Waals surface area contributed by atoms with Crippen LogP contribution in [0, 0.1) is 0 Å². The number of halogens is 2. The summed E-state index contributed by atoms with van der Waals surface area (Å²) in [4.78, 5) is 11.7. The molecule has 1 atom stereocenters. The SMILES string of the molecule is CC(C)NC(=O)C(C)NCc1ccc(Cl)cc1Cl. The molecule has 0 bridgehead atoms. The molecule has 2 N–H and O–H groups in total. The molecule has 1 rings (SSSR count). The fourth-order valence-corrected chi connectivity index (χ4v) is 1.91. The van der Waals surface area contributed by atoms with Crippen molar-refractivity contribution < 1.29 is 4.79 Å². The zero-order valence-electron chi connectivity index (χ0n) is 10.8. The van der Waals surface area contributed by atoms with Crippen molar-refractivity contribution in [2.75, 3.05) is 0 Å². The average Bonchev–Trinajstić information content (AvgIpc) is 2.26. The molecule has 5 heteroatoms. The Morgan fingerprint density at radius 2 is 1.94 bits per heavy atom. The van der Waals surface area contributed by atoms with Crippen LogP contribution in [0.3, 0.4) is 0 Å². The highest BCUT2D eigenvalue weighted by atomic mass is 35.5. The van der Waals surface area contributed by atoms with Crippen molar-refractivity contribution in [1.29, 1.82) is 0 Å². The van der Waals surface area contributed by atoms with E-state index < -0.39 is 0 Å². The minimum Gasteiger partial charge on any atom is -0.353 e. The van der Waals surface area contributed by atoms with Gasteiger partial charge in [0.05, 0.1) is 6.04 Å². The Hall–Kier alpha value is -0.770. The van der Waals surface area contributed by atoms with E-state index in [0.717, 1.165) is 5.56 Å². The fraction of sp³-hybridized carbons (Fsp3) is 0.462. The van der Waals surface area contributed by atoms with Gasteiger partial charge in [-0.05, 0) is 38.5 Å². The van der Waals surface area contributed by atoms with Crippen LogP contribution < -0.4 is 10.6 Å². The molecule has 0 saturated carbocycles. The molecule has 1 amide bonds. The van der Waals surface area contributed by atoms with Crippen molar-refractivity contribution in [3.05, 3.63) is 33.8 Å². The van der Waals surface area contributed by atoms with Gasteiger partial charge in [-0.25, -0.2) is 0 Å². The summed E-state index contributed by atoms with van der Waals surface area (Å²) in [5.41, 5.74) is 0.922. The van der Waals surface area contributed by atoms with E-state index in [-0.39, 0.29) is 18.0 Å². The van der Waals surface area contributed by atoms with Gasteiger partial charge in [-0.2, -0.15) is 0 Å². The van der Waals surface area contributed by atoms with E-state index in [0.29, 0.717) is 16.6 Å². The van der Waals surface area contributed by atoms with E-state index in [1.165, 1.54) is 0 Å². The van der Waals surface area contributed by atoms with Gasteiger partial charge < -0.3 is 10.6 Å². The molecule has 1 unspecified atom stereocenters. The van der Waals surface area contributed by atoms with Crippen molar-refractivity contribution in [3.8, 4) is 0 Å². The van der Waals surface area contributed by atoms with E-state index in [2.05, 4.69) is 10.6 Å². The second kappa shape index (κ2) is 6.98. The topological polar surface area (TPSA) is 41.1 Å². The third-order valence-corrected chi connectivity index (χ3v) is 3.02. The molecule has 0 aliphatic carbocycles. The molecule has 18 heavy (non-hydrogen) atoms. The second-order valence-electron chi connectivity index (χ2n) is 4.50. The van der Waals surface area contributed by atoms with Crippen LogP contribution in [0.25, 0.3) is 0 Å². The number of hydrogen-bond donors (Lipinski definition) is 2. The van der Waals surface area contributed by atoms with E-state index in [1.807, 2.05) is 26.8 Å². The van der Waals surface area contributed by atoms with Gasteiger partial charge in [0, 0.05) is 22.6 Å². The van der Waals surface area contributed by atoms with Crippen LogP contribution >= 0.6 is 23.2 Å². The highest BCUT2D eigenvalue weighted by molar-refractivity contribution is 6.35. The molecule has 0 spiro atoms. The average molecular weight is 289 g/mol. The lowest BCUT2D eigenvalue weighted by Crippen LogP contribution is -2.44. The molecule has 100 valence electrons. The van der Waals surface area contributed by atoms with E-state index >= 15 is 0 Å². The molecule has 0 aliphatic rings. The van der Waals surface area contributed by atoms with Crippen molar-refractivity contribution in [2.45, 2.75) is 39.4 Å². The summed E-state index contributed by atoms with van der Waals surface area (Å²) in [6.45, 7) is 6.21. The van der Waals surface area contributed by atoms with Gasteiger partial charge in [-0.1, -0.05) is 29.3 Å². The third kappa shape index (κ3) is 4.84. The predicted octanol–water partition coefficient (Wildman–Crippen LogP) is 3.00. The summed E-state index contributed by atoms with van der Waals surface area (Å²) >= 11 is 11.9. The molecule has 0 saturated heterocycles. The quantitative estimate of drug-likeness (QED) is 0.875. The lowest BCUT2D eigenvalue weighted by molar-refractivity contribution is -0.123. The van der Waals surface area contributed by atoms with Gasteiger partial charge in [0.2, 0.25) is 5.91 Å². The Kier molecular flexibility index (Phi) is 5.93. The van der Waals surface area contributed by atoms with Crippen LogP contribution in [0.15, 0.2) is 18.2 Å². The van der Waals surface area contributed by atoms with Crippen molar-refractivity contribution in [3.63, 3.8) is 0 Å². The second-order valence-corrected chi connectivity index (χ2v) is 5.35. The molecule has 0 heterocycles. The largest absolute Gasteiger partial charge is 0.353 e. The number of amides is 1. The minimum absolute atomic E-state index is 0.0184. The molecule has 0 aromatic heterocycles. The lowest BCUT2D eigenvalue weighted by Gasteiger charge is -2.16. The number of nitrogens with one attached hydrogen (secondary N) is 2. The maximum atomic E-state index is 11.7. The molecule has 0 aliphatic heterocycles. The molecule has 0 radical (unpaired) electrons. The van der Waals surface area contributed by atoms with E-state index in [4.69, 9.17) is 23.2 Å². The zero-order chi connectivity index (χ0) is 13.7. The standard InChI is InChI=1S/C13H18Cl2N2O/c1-8(2)17-13(18)9(3)16-7-10-4-5-11(14)6-12(10)15/h4-6,8-9,16H,7H2,1-3H3,(H,17,18). The summed E-state index contributed by atoms with van der Waals surface area (Å²) in [6, 6.07) is 5.20. The monoisotopic (exact) mass is 288 g/mol. The first kappa shape index (κ1) is 15.3. The fourth-order valence-electron chi connectivity index (χ4n) is 1.43. The zero-order valence-corrected chi connectivity index (χ0v) is 12.3. The summed E-state index contributed by atoms with van der Waals surface area (Å²) in [5.74, 6) is -0.0184. The van der Waals surface area contributed by atoms with Crippen LogP contribution in [-0.4, -0.2) is 18.0 Å². The maximum absolute atomic E-state index is 11.7.